The molecule has 0 spiro atoms. The SMILES string of the molecule is Cc1cc(O)cc(C)c1CC(NC(=O)C(CCCn1ccnc1N)OC(N)=O)C(=O)NC(CCNC(=O)OC(C)(C)C)c1nc(Cc2ccccc2)no1. The van der Waals surface area contributed by atoms with Crippen molar-refractivity contribution in [3.8, 4) is 5.75 Å². The fourth-order valence-electron chi connectivity index (χ4n) is 5.75. The fraction of sp³-hybridized carbons (Fsp3) is 0.432. The summed E-state index contributed by atoms with van der Waals surface area (Å²) in [5.74, 6) is -0.604. The molecule has 4 rings (SSSR count). The van der Waals surface area contributed by atoms with Crippen molar-refractivity contribution in [1.29, 1.82) is 0 Å². The van der Waals surface area contributed by atoms with Gasteiger partial charge in [-0.1, -0.05) is 35.5 Å². The number of phenols is 1. The first kappa shape index (κ1) is 40.6. The maximum absolute atomic E-state index is 14.3. The minimum atomic E-state index is -1.34. The van der Waals surface area contributed by atoms with Crippen molar-refractivity contribution in [1.82, 2.24) is 35.6 Å². The van der Waals surface area contributed by atoms with Crippen LogP contribution in [-0.2, 0) is 38.4 Å². The fourth-order valence-corrected chi connectivity index (χ4v) is 5.75. The summed E-state index contributed by atoms with van der Waals surface area (Å²) in [5, 5.41) is 22.6. The van der Waals surface area contributed by atoms with Crippen molar-refractivity contribution >= 4 is 29.9 Å². The number of hydrogen-bond acceptors (Lipinski definition) is 12. The van der Waals surface area contributed by atoms with Crippen LogP contribution in [0.2, 0.25) is 0 Å². The molecule has 0 saturated heterocycles. The standard InChI is InChI=1S/C37H49N9O8/c1-22-18-25(47)19-23(2)26(22)21-28(43-32(49)29(52-35(39)50)12-9-16-46-17-15-40-34(46)38)31(48)42-27(13-14-41-36(51)53-37(3,4)5)33-44-30(45-54-33)20-24-10-7-6-8-11-24/h6-8,10-11,15,17-19,27-29,47H,9,12-14,16,20-21H2,1-5H3,(H2,38,40)(H2,39,50)(H,41,51)(H,42,48)(H,43,49). The summed E-state index contributed by atoms with van der Waals surface area (Å²) in [7, 11) is 0. The quantitative estimate of drug-likeness (QED) is 0.0908. The third-order valence-corrected chi connectivity index (χ3v) is 8.29. The highest BCUT2D eigenvalue weighted by atomic mass is 16.6. The lowest BCUT2D eigenvalue weighted by Gasteiger charge is -2.25. The van der Waals surface area contributed by atoms with Crippen LogP contribution in [0.4, 0.5) is 15.5 Å². The molecule has 0 bridgehead atoms. The number of alkyl carbamates (subject to hydrolysis) is 1. The zero-order valence-electron chi connectivity index (χ0n) is 31.1. The van der Waals surface area contributed by atoms with Crippen LogP contribution in [0.3, 0.4) is 0 Å². The van der Waals surface area contributed by atoms with Gasteiger partial charge in [0, 0.05) is 38.3 Å². The number of hydrogen-bond donors (Lipinski definition) is 6. The molecule has 290 valence electrons. The Labute approximate surface area is 313 Å². The van der Waals surface area contributed by atoms with Crippen molar-refractivity contribution in [2.75, 3.05) is 12.3 Å². The molecule has 17 nitrogen and oxygen atoms in total. The van der Waals surface area contributed by atoms with E-state index < -0.39 is 47.8 Å². The summed E-state index contributed by atoms with van der Waals surface area (Å²) in [4.78, 5) is 60.8. The maximum atomic E-state index is 14.3. The zero-order chi connectivity index (χ0) is 39.4. The van der Waals surface area contributed by atoms with Crippen molar-refractivity contribution < 1.29 is 38.3 Å². The largest absolute Gasteiger partial charge is 0.508 e. The van der Waals surface area contributed by atoms with Crippen molar-refractivity contribution in [2.24, 2.45) is 5.73 Å². The number of imidazole rings is 1. The van der Waals surface area contributed by atoms with E-state index in [0.717, 1.165) is 5.56 Å². The Bertz CT molecular complexity index is 1860. The van der Waals surface area contributed by atoms with Crippen LogP contribution in [0.1, 0.15) is 80.0 Å². The first-order valence-corrected chi connectivity index (χ1v) is 17.5. The van der Waals surface area contributed by atoms with E-state index in [-0.39, 0.29) is 43.4 Å². The molecule has 0 radical (unpaired) electrons. The number of nitrogens with two attached hydrogens (primary N) is 2. The second-order valence-electron chi connectivity index (χ2n) is 13.9. The molecule has 0 saturated carbocycles. The number of nitrogens with zero attached hydrogens (tertiary/aromatic N) is 4. The van der Waals surface area contributed by atoms with Crippen LogP contribution >= 0.6 is 0 Å². The van der Waals surface area contributed by atoms with E-state index in [1.165, 1.54) is 6.20 Å². The number of primary amides is 1. The number of anilines is 1. The van der Waals surface area contributed by atoms with Crippen LogP contribution < -0.4 is 27.4 Å². The Morgan fingerprint density at radius 2 is 1.72 bits per heavy atom. The molecule has 3 atom stereocenters. The number of ether oxygens (including phenoxy) is 2. The Hall–Kier alpha value is -6.13. The van der Waals surface area contributed by atoms with Crippen LogP contribution in [0, 0.1) is 13.8 Å². The predicted molar refractivity (Wildman–Crippen MR) is 197 cm³/mol. The van der Waals surface area contributed by atoms with Crippen molar-refractivity contribution in [3.05, 3.63) is 88.8 Å². The van der Waals surface area contributed by atoms with E-state index in [9.17, 15) is 24.3 Å². The van der Waals surface area contributed by atoms with Gasteiger partial charge in [-0.25, -0.2) is 14.6 Å². The Morgan fingerprint density at radius 1 is 1.02 bits per heavy atom. The molecule has 17 heteroatoms. The average Bonchev–Trinajstić information content (AvgIpc) is 3.72. The molecule has 2 heterocycles. The summed E-state index contributed by atoms with van der Waals surface area (Å²) in [6.07, 6.45) is 0.952. The number of phenolic OH excluding ortho intramolecular Hbond substituents is 1. The van der Waals surface area contributed by atoms with Gasteiger partial charge in [0.15, 0.2) is 17.9 Å². The molecule has 0 aliphatic rings. The summed E-state index contributed by atoms with van der Waals surface area (Å²) in [6.45, 7) is 9.20. The summed E-state index contributed by atoms with van der Waals surface area (Å²) < 4.78 is 17.8. The molecule has 2 aromatic carbocycles. The molecular weight excluding hydrogens is 698 g/mol. The molecular formula is C37H49N9O8. The number of nitrogens with one attached hydrogen (secondary N) is 3. The van der Waals surface area contributed by atoms with E-state index in [2.05, 4.69) is 31.1 Å². The topological polar surface area (TPSA) is 252 Å². The highest BCUT2D eigenvalue weighted by molar-refractivity contribution is 5.90. The van der Waals surface area contributed by atoms with E-state index in [1.807, 2.05) is 30.3 Å². The Kier molecular flexibility index (Phi) is 14.0. The lowest BCUT2D eigenvalue weighted by molar-refractivity contribution is -0.134. The predicted octanol–water partition coefficient (Wildman–Crippen LogP) is 3.51. The molecule has 4 amide bonds. The molecule has 2 aromatic heterocycles. The first-order chi connectivity index (χ1) is 25.6. The van der Waals surface area contributed by atoms with Gasteiger partial charge in [0.25, 0.3) is 5.91 Å². The zero-order valence-corrected chi connectivity index (χ0v) is 31.1. The number of aromatic hydroxyl groups is 1. The van der Waals surface area contributed by atoms with E-state index >= 15 is 0 Å². The van der Waals surface area contributed by atoms with Gasteiger partial charge in [-0.3, -0.25) is 9.59 Å². The monoisotopic (exact) mass is 747 g/mol. The number of aryl methyl sites for hydroxylation is 3. The minimum absolute atomic E-state index is 0.00362. The van der Waals surface area contributed by atoms with Crippen molar-refractivity contribution in [2.45, 2.75) is 97.1 Å². The summed E-state index contributed by atoms with van der Waals surface area (Å²) in [5.41, 5.74) is 13.5. The highest BCUT2D eigenvalue weighted by Gasteiger charge is 2.31. The van der Waals surface area contributed by atoms with E-state index in [0.29, 0.717) is 41.9 Å². The number of aromatic nitrogens is 4. The number of amides is 4. The van der Waals surface area contributed by atoms with Gasteiger partial charge < -0.3 is 51.1 Å². The molecule has 4 aromatic rings. The molecule has 8 N–H and O–H groups in total. The van der Waals surface area contributed by atoms with Gasteiger partial charge in [-0.2, -0.15) is 4.98 Å². The minimum Gasteiger partial charge on any atom is -0.508 e. The Morgan fingerprint density at radius 3 is 2.35 bits per heavy atom. The van der Waals surface area contributed by atoms with Crippen LogP contribution in [0.15, 0.2) is 59.4 Å². The number of carbonyl (C=O) groups excluding carboxylic acids is 4. The van der Waals surface area contributed by atoms with Gasteiger partial charge in [0.05, 0.1) is 0 Å². The highest BCUT2D eigenvalue weighted by Crippen LogP contribution is 2.23. The lowest BCUT2D eigenvalue weighted by Crippen LogP contribution is -2.52. The van der Waals surface area contributed by atoms with Gasteiger partial charge in [0.1, 0.15) is 23.4 Å². The Balaban J connectivity index is 1.59. The number of nitrogen functional groups attached to an aromatic ring is 1. The van der Waals surface area contributed by atoms with Crippen LogP contribution in [-0.4, -0.2) is 73.1 Å². The normalized spacial score (nSPS) is 13.0. The molecule has 0 aliphatic heterocycles. The van der Waals surface area contributed by atoms with Gasteiger partial charge in [0.2, 0.25) is 11.8 Å². The summed E-state index contributed by atoms with van der Waals surface area (Å²) in [6, 6.07) is 10.5. The third-order valence-electron chi connectivity index (χ3n) is 8.29. The van der Waals surface area contributed by atoms with Gasteiger partial charge >= 0.3 is 12.2 Å². The third kappa shape index (κ3) is 12.5. The number of benzene rings is 2. The smallest absolute Gasteiger partial charge is 0.407 e. The second kappa shape index (κ2) is 18.6. The van der Waals surface area contributed by atoms with Crippen LogP contribution in [0.5, 0.6) is 5.75 Å². The summed E-state index contributed by atoms with van der Waals surface area (Å²) >= 11 is 0. The molecule has 0 fully saturated rings. The van der Waals surface area contributed by atoms with Gasteiger partial charge in [-0.15, -0.1) is 0 Å². The van der Waals surface area contributed by atoms with Gasteiger partial charge in [-0.05, 0) is 88.3 Å². The van der Waals surface area contributed by atoms with Crippen LogP contribution in [0.25, 0.3) is 0 Å². The lowest BCUT2D eigenvalue weighted by atomic mass is 9.95. The first-order valence-electron chi connectivity index (χ1n) is 17.5. The molecule has 54 heavy (non-hydrogen) atoms. The van der Waals surface area contributed by atoms with E-state index in [4.69, 9.17) is 25.5 Å². The van der Waals surface area contributed by atoms with Crippen molar-refractivity contribution in [3.63, 3.8) is 0 Å². The maximum Gasteiger partial charge on any atom is 0.407 e. The molecule has 0 aliphatic carbocycles. The second-order valence-corrected chi connectivity index (χ2v) is 13.9. The molecule has 3 unspecified atom stereocenters. The number of carbonyl (C=O) groups is 4. The number of rotatable bonds is 17. The average molecular weight is 748 g/mol. The van der Waals surface area contributed by atoms with E-state index in [1.54, 1.807) is 57.5 Å².